The number of aryl methyl sites for hydroxylation is 1. The number of halogens is 1. The van der Waals surface area contributed by atoms with Gasteiger partial charge in [-0.05, 0) is 52.2 Å². The number of aliphatic hydroxyl groups is 1. The van der Waals surface area contributed by atoms with Crippen molar-refractivity contribution in [2.24, 2.45) is 0 Å². The Morgan fingerprint density at radius 1 is 1.20 bits per heavy atom. The summed E-state index contributed by atoms with van der Waals surface area (Å²) in [7, 11) is 0. The van der Waals surface area contributed by atoms with E-state index in [0.717, 1.165) is 32.0 Å². The molecule has 2 heterocycles. The summed E-state index contributed by atoms with van der Waals surface area (Å²) in [5, 5.41) is 10.5. The highest BCUT2D eigenvalue weighted by Gasteiger charge is 2.18. The van der Waals surface area contributed by atoms with Crippen molar-refractivity contribution in [2.45, 2.75) is 19.4 Å². The minimum absolute atomic E-state index is 0.637. The minimum atomic E-state index is -0.637. The summed E-state index contributed by atoms with van der Waals surface area (Å²) in [5.74, 6) is 1.47. The maximum absolute atomic E-state index is 10.5. The molecule has 0 bridgehead atoms. The first-order chi connectivity index (χ1) is 9.65. The lowest BCUT2D eigenvalue weighted by Gasteiger charge is -2.13. The number of benzene rings is 1. The molecule has 1 N–H and O–H groups in total. The Kier molecular flexibility index (Phi) is 4.01. The van der Waals surface area contributed by atoms with Crippen LogP contribution >= 0.6 is 27.3 Å². The van der Waals surface area contributed by atoms with Gasteiger partial charge in [-0.25, -0.2) is 0 Å². The highest BCUT2D eigenvalue weighted by atomic mass is 79.9. The second kappa shape index (κ2) is 5.76. The Balaban J connectivity index is 1.92. The first-order valence-electron chi connectivity index (χ1n) is 6.48. The molecule has 0 spiro atoms. The van der Waals surface area contributed by atoms with Crippen molar-refractivity contribution >= 4 is 27.3 Å². The van der Waals surface area contributed by atoms with Gasteiger partial charge in [0.25, 0.3) is 0 Å². The van der Waals surface area contributed by atoms with Crippen molar-refractivity contribution in [3.63, 3.8) is 0 Å². The lowest BCUT2D eigenvalue weighted by molar-refractivity contribution is 0.223. The highest BCUT2D eigenvalue weighted by Crippen LogP contribution is 2.37. The maximum Gasteiger partial charge on any atom is 0.161 e. The molecule has 1 aliphatic heterocycles. The fourth-order valence-corrected chi connectivity index (χ4v) is 3.72. The molecular weight excluding hydrogens is 340 g/mol. The number of hydrogen-bond donors (Lipinski definition) is 1. The van der Waals surface area contributed by atoms with Crippen LogP contribution in [-0.2, 0) is 0 Å². The molecular formula is C15H15BrO3S. The number of ether oxygens (including phenoxy) is 2. The fraction of sp³-hybridized carbons (Fsp3) is 0.333. The predicted molar refractivity (Wildman–Crippen MR) is 82.9 cm³/mol. The van der Waals surface area contributed by atoms with Crippen LogP contribution in [0.15, 0.2) is 28.1 Å². The van der Waals surface area contributed by atoms with Gasteiger partial charge in [0, 0.05) is 11.3 Å². The second-order valence-electron chi connectivity index (χ2n) is 4.76. The number of fused-ring (bicyclic) bond motifs is 1. The molecule has 1 aliphatic rings. The van der Waals surface area contributed by atoms with Gasteiger partial charge in [-0.3, -0.25) is 0 Å². The van der Waals surface area contributed by atoms with E-state index in [1.165, 1.54) is 0 Å². The summed E-state index contributed by atoms with van der Waals surface area (Å²) in [6, 6.07) is 7.63. The van der Waals surface area contributed by atoms with Crippen LogP contribution in [0.1, 0.15) is 28.5 Å². The molecule has 2 aromatic rings. The van der Waals surface area contributed by atoms with Gasteiger partial charge in [0.05, 0.1) is 17.0 Å². The van der Waals surface area contributed by atoms with Gasteiger partial charge >= 0.3 is 0 Å². The van der Waals surface area contributed by atoms with E-state index in [0.29, 0.717) is 19.0 Å². The Morgan fingerprint density at radius 2 is 1.95 bits per heavy atom. The Bertz CT molecular complexity index is 604. The molecule has 0 radical (unpaired) electrons. The third-order valence-electron chi connectivity index (χ3n) is 3.23. The standard InChI is InChI=1S/C15H15BrO3S/c1-9-7-13(20-15(9)16)14(17)10-3-4-11-12(8-10)19-6-2-5-18-11/h3-4,7-8,14,17H,2,5-6H2,1H3. The molecule has 1 aromatic heterocycles. The van der Waals surface area contributed by atoms with Crippen molar-refractivity contribution in [2.75, 3.05) is 13.2 Å². The topological polar surface area (TPSA) is 38.7 Å². The molecule has 1 unspecified atom stereocenters. The SMILES string of the molecule is Cc1cc(C(O)c2ccc3c(c2)OCCCO3)sc1Br. The van der Waals surface area contributed by atoms with E-state index in [2.05, 4.69) is 15.9 Å². The Hall–Kier alpha value is -1.04. The highest BCUT2D eigenvalue weighted by molar-refractivity contribution is 9.11. The number of hydrogen-bond acceptors (Lipinski definition) is 4. The average Bonchev–Trinajstić information content (AvgIpc) is 2.67. The first-order valence-corrected chi connectivity index (χ1v) is 8.09. The molecule has 1 atom stereocenters. The monoisotopic (exact) mass is 354 g/mol. The molecule has 0 saturated carbocycles. The third kappa shape index (κ3) is 2.71. The average molecular weight is 355 g/mol. The minimum Gasteiger partial charge on any atom is -0.490 e. The van der Waals surface area contributed by atoms with Crippen LogP contribution < -0.4 is 9.47 Å². The van der Waals surface area contributed by atoms with Crippen molar-refractivity contribution in [1.29, 1.82) is 0 Å². The van der Waals surface area contributed by atoms with Crippen LogP contribution in [0, 0.1) is 6.92 Å². The van der Waals surface area contributed by atoms with Crippen LogP contribution in [0.5, 0.6) is 11.5 Å². The van der Waals surface area contributed by atoms with Crippen molar-refractivity contribution in [3.05, 3.63) is 44.1 Å². The molecule has 3 rings (SSSR count). The van der Waals surface area contributed by atoms with E-state index in [4.69, 9.17) is 9.47 Å². The van der Waals surface area contributed by atoms with E-state index >= 15 is 0 Å². The summed E-state index contributed by atoms with van der Waals surface area (Å²) in [6.45, 7) is 3.34. The smallest absolute Gasteiger partial charge is 0.161 e. The normalized spacial score (nSPS) is 15.8. The van der Waals surface area contributed by atoms with Gasteiger partial charge < -0.3 is 14.6 Å². The quantitative estimate of drug-likeness (QED) is 0.883. The van der Waals surface area contributed by atoms with Gasteiger partial charge in [-0.1, -0.05) is 6.07 Å². The number of rotatable bonds is 2. The molecule has 5 heteroatoms. The molecule has 1 aromatic carbocycles. The Morgan fingerprint density at radius 3 is 2.65 bits per heavy atom. The van der Waals surface area contributed by atoms with Gasteiger partial charge in [0.2, 0.25) is 0 Å². The fourth-order valence-electron chi connectivity index (χ4n) is 2.13. The van der Waals surface area contributed by atoms with Crippen LogP contribution in [0.4, 0.5) is 0 Å². The van der Waals surface area contributed by atoms with Crippen LogP contribution in [0.2, 0.25) is 0 Å². The van der Waals surface area contributed by atoms with Crippen molar-refractivity contribution in [3.8, 4) is 11.5 Å². The maximum atomic E-state index is 10.5. The molecule has 0 fully saturated rings. The molecule has 3 nitrogen and oxygen atoms in total. The first kappa shape index (κ1) is 13.9. The van der Waals surface area contributed by atoms with Gasteiger partial charge in [0.15, 0.2) is 11.5 Å². The van der Waals surface area contributed by atoms with E-state index in [1.807, 2.05) is 31.2 Å². The zero-order valence-electron chi connectivity index (χ0n) is 11.1. The molecule has 20 heavy (non-hydrogen) atoms. The summed E-state index contributed by atoms with van der Waals surface area (Å²) in [4.78, 5) is 0.920. The van der Waals surface area contributed by atoms with Crippen LogP contribution in [0.25, 0.3) is 0 Å². The lowest BCUT2D eigenvalue weighted by atomic mass is 10.1. The number of thiophene rings is 1. The number of aliphatic hydroxyl groups excluding tert-OH is 1. The van der Waals surface area contributed by atoms with E-state index in [9.17, 15) is 5.11 Å². The van der Waals surface area contributed by atoms with Crippen molar-refractivity contribution < 1.29 is 14.6 Å². The summed E-state index contributed by atoms with van der Waals surface area (Å²) in [5.41, 5.74) is 1.96. The van der Waals surface area contributed by atoms with Gasteiger partial charge in [0.1, 0.15) is 6.10 Å². The second-order valence-corrected chi connectivity index (χ2v) is 7.17. The van der Waals surface area contributed by atoms with Gasteiger partial charge in [-0.15, -0.1) is 11.3 Å². The Labute approximate surface area is 130 Å². The van der Waals surface area contributed by atoms with E-state index < -0.39 is 6.10 Å². The van der Waals surface area contributed by atoms with Crippen LogP contribution in [0.3, 0.4) is 0 Å². The molecule has 0 amide bonds. The predicted octanol–water partition coefficient (Wildman–Crippen LogP) is 4.06. The summed E-state index contributed by atoms with van der Waals surface area (Å²) >= 11 is 5.04. The largest absolute Gasteiger partial charge is 0.490 e. The zero-order valence-corrected chi connectivity index (χ0v) is 13.5. The summed E-state index contributed by atoms with van der Waals surface area (Å²) in [6.07, 6.45) is 0.242. The molecule has 0 saturated heterocycles. The van der Waals surface area contributed by atoms with Crippen molar-refractivity contribution in [1.82, 2.24) is 0 Å². The van der Waals surface area contributed by atoms with Crippen LogP contribution in [-0.4, -0.2) is 18.3 Å². The van der Waals surface area contributed by atoms with Gasteiger partial charge in [-0.2, -0.15) is 0 Å². The molecule has 0 aliphatic carbocycles. The van der Waals surface area contributed by atoms with E-state index in [-0.39, 0.29) is 0 Å². The third-order valence-corrected chi connectivity index (χ3v) is 5.42. The zero-order chi connectivity index (χ0) is 14.1. The molecule has 106 valence electrons. The van der Waals surface area contributed by atoms with E-state index in [1.54, 1.807) is 11.3 Å². The summed E-state index contributed by atoms with van der Waals surface area (Å²) < 4.78 is 12.3. The lowest BCUT2D eigenvalue weighted by Crippen LogP contribution is -1.99.